The van der Waals surface area contributed by atoms with Gasteiger partial charge < -0.3 is 4.90 Å². The van der Waals surface area contributed by atoms with E-state index in [0.29, 0.717) is 18.6 Å². The smallest absolute Gasteiger partial charge is 0.136 e. The summed E-state index contributed by atoms with van der Waals surface area (Å²) in [7, 11) is 0. The van der Waals surface area contributed by atoms with E-state index >= 15 is 0 Å². The Morgan fingerprint density at radius 2 is 2.00 bits per heavy atom. The normalized spacial score (nSPS) is 17.2. The summed E-state index contributed by atoms with van der Waals surface area (Å²) < 4.78 is 0. The molecule has 0 bridgehead atoms. The molecule has 0 spiro atoms. The highest BCUT2D eigenvalue weighted by Crippen LogP contribution is 2.15. The molecular formula is C11H14N2O. The molecule has 74 valence electrons. The van der Waals surface area contributed by atoms with Crippen molar-refractivity contribution in [1.82, 2.24) is 4.98 Å². The van der Waals surface area contributed by atoms with Gasteiger partial charge in [0.1, 0.15) is 11.6 Å². The molecule has 2 rings (SSSR count). The van der Waals surface area contributed by atoms with Gasteiger partial charge >= 0.3 is 0 Å². The zero-order valence-corrected chi connectivity index (χ0v) is 8.36. The molecule has 1 aromatic rings. The third-order valence-corrected chi connectivity index (χ3v) is 2.54. The van der Waals surface area contributed by atoms with E-state index in [1.807, 2.05) is 19.2 Å². The number of hydrogen-bond acceptors (Lipinski definition) is 3. The van der Waals surface area contributed by atoms with Gasteiger partial charge in [-0.15, -0.1) is 0 Å². The first-order valence-corrected chi connectivity index (χ1v) is 4.95. The number of aromatic nitrogens is 1. The molecule has 1 aliphatic rings. The van der Waals surface area contributed by atoms with Crippen LogP contribution in [0.5, 0.6) is 0 Å². The molecule has 0 amide bonds. The molecule has 3 heteroatoms. The number of ketones is 1. The fourth-order valence-corrected chi connectivity index (χ4v) is 1.63. The second-order valence-electron chi connectivity index (χ2n) is 3.72. The van der Waals surface area contributed by atoms with Crippen LogP contribution in [0.4, 0.5) is 5.82 Å². The van der Waals surface area contributed by atoms with E-state index in [1.54, 1.807) is 0 Å². The summed E-state index contributed by atoms with van der Waals surface area (Å²) in [5.41, 5.74) is 1.17. The fourth-order valence-electron chi connectivity index (χ4n) is 1.63. The van der Waals surface area contributed by atoms with Crippen molar-refractivity contribution in [3.63, 3.8) is 0 Å². The van der Waals surface area contributed by atoms with Crippen molar-refractivity contribution in [2.24, 2.45) is 0 Å². The van der Waals surface area contributed by atoms with Gasteiger partial charge in [0.2, 0.25) is 0 Å². The molecule has 0 aliphatic carbocycles. The summed E-state index contributed by atoms with van der Waals surface area (Å²) >= 11 is 0. The minimum atomic E-state index is 0.369. The van der Waals surface area contributed by atoms with E-state index in [2.05, 4.69) is 16.0 Å². The van der Waals surface area contributed by atoms with Crippen LogP contribution in [0.25, 0.3) is 0 Å². The Balaban J connectivity index is 2.08. The van der Waals surface area contributed by atoms with Gasteiger partial charge in [-0.1, -0.05) is 6.07 Å². The number of carbonyl (C=O) groups is 1. The van der Waals surface area contributed by atoms with Crippen molar-refractivity contribution < 1.29 is 4.79 Å². The quantitative estimate of drug-likeness (QED) is 0.673. The van der Waals surface area contributed by atoms with Gasteiger partial charge in [-0.25, -0.2) is 4.98 Å². The lowest BCUT2D eigenvalue weighted by Gasteiger charge is -2.26. The SMILES string of the molecule is Cc1ccc(N2CCC(=O)CC2)nc1. The number of aryl methyl sites for hydroxylation is 1. The molecule has 1 fully saturated rings. The number of carbonyl (C=O) groups excluding carboxylic acids is 1. The zero-order valence-electron chi connectivity index (χ0n) is 8.36. The minimum absolute atomic E-state index is 0.369. The number of pyridine rings is 1. The van der Waals surface area contributed by atoms with Crippen molar-refractivity contribution in [3.8, 4) is 0 Å². The molecule has 2 heterocycles. The Kier molecular flexibility index (Phi) is 2.48. The second-order valence-corrected chi connectivity index (χ2v) is 3.72. The average molecular weight is 190 g/mol. The molecule has 14 heavy (non-hydrogen) atoms. The Morgan fingerprint density at radius 1 is 1.29 bits per heavy atom. The first kappa shape index (κ1) is 9.19. The van der Waals surface area contributed by atoms with Crippen molar-refractivity contribution in [2.45, 2.75) is 19.8 Å². The van der Waals surface area contributed by atoms with E-state index in [1.165, 1.54) is 5.56 Å². The van der Waals surface area contributed by atoms with Gasteiger partial charge in [-0.3, -0.25) is 4.79 Å². The second kappa shape index (κ2) is 3.78. The largest absolute Gasteiger partial charge is 0.356 e. The third kappa shape index (κ3) is 1.92. The topological polar surface area (TPSA) is 33.2 Å². The summed E-state index contributed by atoms with van der Waals surface area (Å²) in [6.07, 6.45) is 3.19. The van der Waals surface area contributed by atoms with Gasteiger partial charge in [0.25, 0.3) is 0 Å². The highest BCUT2D eigenvalue weighted by Gasteiger charge is 2.16. The van der Waals surface area contributed by atoms with Crippen LogP contribution in [0.2, 0.25) is 0 Å². The summed E-state index contributed by atoms with van der Waals surface area (Å²) in [5, 5.41) is 0. The summed E-state index contributed by atoms with van der Waals surface area (Å²) in [5.74, 6) is 1.36. The standard InChI is InChI=1S/C11H14N2O/c1-9-2-3-11(12-8-9)13-6-4-10(14)5-7-13/h2-3,8H,4-7H2,1H3. The molecule has 1 aliphatic heterocycles. The average Bonchev–Trinajstić information content (AvgIpc) is 2.21. The lowest BCUT2D eigenvalue weighted by molar-refractivity contribution is -0.119. The van der Waals surface area contributed by atoms with Crippen molar-refractivity contribution in [3.05, 3.63) is 23.9 Å². The molecule has 3 nitrogen and oxygen atoms in total. The van der Waals surface area contributed by atoms with Crippen molar-refractivity contribution >= 4 is 11.6 Å². The van der Waals surface area contributed by atoms with Crippen LogP contribution in [-0.4, -0.2) is 23.9 Å². The van der Waals surface area contributed by atoms with Crippen LogP contribution < -0.4 is 4.90 Å². The molecular weight excluding hydrogens is 176 g/mol. The lowest BCUT2D eigenvalue weighted by atomic mass is 10.1. The molecule has 0 unspecified atom stereocenters. The van der Waals surface area contributed by atoms with Gasteiger partial charge in [0, 0.05) is 32.1 Å². The van der Waals surface area contributed by atoms with Gasteiger partial charge in [0.15, 0.2) is 0 Å². The predicted octanol–water partition coefficient (Wildman–Crippen LogP) is 1.56. The molecule has 0 aromatic carbocycles. The van der Waals surface area contributed by atoms with Gasteiger partial charge in [-0.2, -0.15) is 0 Å². The number of Topliss-reactive ketones (excluding diaryl/α,β-unsaturated/α-hetero) is 1. The third-order valence-electron chi connectivity index (χ3n) is 2.54. The number of anilines is 1. The molecule has 0 saturated carbocycles. The minimum Gasteiger partial charge on any atom is -0.356 e. The maximum Gasteiger partial charge on any atom is 0.136 e. The number of hydrogen-bond donors (Lipinski definition) is 0. The van der Waals surface area contributed by atoms with Gasteiger partial charge in [0.05, 0.1) is 0 Å². The van der Waals surface area contributed by atoms with Crippen LogP contribution in [0.15, 0.2) is 18.3 Å². The summed E-state index contributed by atoms with van der Waals surface area (Å²) in [4.78, 5) is 17.6. The number of rotatable bonds is 1. The van der Waals surface area contributed by atoms with Crippen molar-refractivity contribution in [2.75, 3.05) is 18.0 Å². The van der Waals surface area contributed by atoms with E-state index in [0.717, 1.165) is 18.9 Å². The van der Waals surface area contributed by atoms with Crippen molar-refractivity contribution in [1.29, 1.82) is 0 Å². The number of piperidine rings is 1. The first-order chi connectivity index (χ1) is 6.75. The van der Waals surface area contributed by atoms with Gasteiger partial charge in [-0.05, 0) is 18.6 Å². The van der Waals surface area contributed by atoms with E-state index in [9.17, 15) is 4.79 Å². The Bertz CT molecular complexity index is 322. The zero-order chi connectivity index (χ0) is 9.97. The monoisotopic (exact) mass is 190 g/mol. The highest BCUT2D eigenvalue weighted by atomic mass is 16.1. The summed E-state index contributed by atoms with van der Waals surface area (Å²) in [6.45, 7) is 3.65. The maximum atomic E-state index is 11.0. The molecule has 0 radical (unpaired) electrons. The summed E-state index contributed by atoms with van der Waals surface area (Å²) in [6, 6.07) is 4.07. The maximum absolute atomic E-state index is 11.0. The fraction of sp³-hybridized carbons (Fsp3) is 0.455. The molecule has 0 N–H and O–H groups in total. The van der Waals surface area contributed by atoms with E-state index in [-0.39, 0.29) is 0 Å². The van der Waals surface area contributed by atoms with Crippen LogP contribution in [-0.2, 0) is 4.79 Å². The van der Waals surface area contributed by atoms with Crippen LogP contribution >= 0.6 is 0 Å². The molecule has 1 aromatic heterocycles. The van der Waals surface area contributed by atoms with E-state index in [4.69, 9.17) is 0 Å². The highest BCUT2D eigenvalue weighted by molar-refractivity contribution is 5.80. The number of nitrogens with zero attached hydrogens (tertiary/aromatic N) is 2. The Hall–Kier alpha value is -1.38. The van der Waals surface area contributed by atoms with Crippen LogP contribution in [0.3, 0.4) is 0 Å². The van der Waals surface area contributed by atoms with E-state index < -0.39 is 0 Å². The first-order valence-electron chi connectivity index (χ1n) is 4.95. The van der Waals surface area contributed by atoms with Crippen LogP contribution in [0.1, 0.15) is 18.4 Å². The molecule has 1 saturated heterocycles. The predicted molar refractivity (Wildman–Crippen MR) is 55.4 cm³/mol. The Morgan fingerprint density at radius 3 is 2.57 bits per heavy atom. The Labute approximate surface area is 83.8 Å². The van der Waals surface area contributed by atoms with Crippen LogP contribution in [0, 0.1) is 6.92 Å². The lowest BCUT2D eigenvalue weighted by Crippen LogP contribution is -2.34. The molecule has 0 atom stereocenters.